The lowest BCUT2D eigenvalue weighted by Crippen LogP contribution is -2.33. The molecule has 1 saturated heterocycles. The second kappa shape index (κ2) is 7.08. The maximum atomic E-state index is 6.42. The van der Waals surface area contributed by atoms with Crippen LogP contribution < -0.4 is 5.32 Å². The Bertz CT molecular complexity index is 566. The summed E-state index contributed by atoms with van der Waals surface area (Å²) in [6.45, 7) is 2.06. The van der Waals surface area contributed by atoms with Gasteiger partial charge in [0.1, 0.15) is 6.10 Å². The van der Waals surface area contributed by atoms with E-state index in [1.54, 1.807) is 0 Å². The van der Waals surface area contributed by atoms with Crippen LogP contribution in [0.2, 0.25) is 5.02 Å². The summed E-state index contributed by atoms with van der Waals surface area (Å²) in [6.07, 6.45) is 2.37. The maximum absolute atomic E-state index is 6.42. The molecule has 2 aromatic rings. The highest BCUT2D eigenvalue weighted by Gasteiger charge is 2.21. The van der Waals surface area contributed by atoms with Crippen molar-refractivity contribution in [3.05, 3.63) is 70.7 Å². The van der Waals surface area contributed by atoms with Gasteiger partial charge in [-0.25, -0.2) is 0 Å². The van der Waals surface area contributed by atoms with Crippen LogP contribution in [0.3, 0.4) is 0 Å². The molecule has 0 aliphatic carbocycles. The quantitative estimate of drug-likeness (QED) is 0.914. The highest BCUT2D eigenvalue weighted by Crippen LogP contribution is 2.30. The van der Waals surface area contributed by atoms with Crippen molar-refractivity contribution >= 4 is 11.6 Å². The second-order valence-electron chi connectivity index (χ2n) is 5.43. The van der Waals surface area contributed by atoms with Gasteiger partial charge in [-0.2, -0.15) is 0 Å². The normalized spacial score (nSPS) is 17.6. The van der Waals surface area contributed by atoms with Gasteiger partial charge in [0.25, 0.3) is 0 Å². The lowest BCUT2D eigenvalue weighted by Gasteiger charge is -2.28. The van der Waals surface area contributed by atoms with Gasteiger partial charge in [0.15, 0.2) is 0 Å². The van der Waals surface area contributed by atoms with Crippen LogP contribution in [0.1, 0.15) is 30.1 Å². The fourth-order valence-electron chi connectivity index (χ4n) is 2.77. The number of rotatable bonds is 4. The molecule has 0 spiro atoms. The molecule has 1 aliphatic heterocycles. The van der Waals surface area contributed by atoms with Crippen molar-refractivity contribution in [2.75, 3.05) is 13.1 Å². The topological polar surface area (TPSA) is 21.3 Å². The van der Waals surface area contributed by atoms with Crippen LogP contribution in [0.25, 0.3) is 0 Å². The first-order valence-corrected chi connectivity index (χ1v) is 7.87. The zero-order chi connectivity index (χ0) is 14.5. The summed E-state index contributed by atoms with van der Waals surface area (Å²) in [5.41, 5.74) is 2.30. The summed E-state index contributed by atoms with van der Waals surface area (Å²) in [6, 6.07) is 18.3. The highest BCUT2D eigenvalue weighted by atomic mass is 35.5. The Morgan fingerprint density at radius 1 is 0.952 bits per heavy atom. The molecular weight excluding hydrogens is 282 g/mol. The molecular formula is C18H20ClNO. The summed E-state index contributed by atoms with van der Waals surface area (Å²) in [4.78, 5) is 0. The number of hydrogen-bond acceptors (Lipinski definition) is 2. The molecule has 1 N–H and O–H groups in total. The fraction of sp³-hybridized carbons (Fsp3) is 0.333. The Kier molecular flexibility index (Phi) is 4.91. The van der Waals surface area contributed by atoms with Crippen molar-refractivity contribution in [1.82, 2.24) is 5.32 Å². The van der Waals surface area contributed by atoms with Gasteiger partial charge >= 0.3 is 0 Å². The summed E-state index contributed by atoms with van der Waals surface area (Å²) in [5.74, 6) is 0. The molecule has 110 valence electrons. The predicted molar refractivity (Wildman–Crippen MR) is 86.7 cm³/mol. The molecule has 3 heteroatoms. The highest BCUT2D eigenvalue weighted by molar-refractivity contribution is 6.30. The molecule has 0 saturated carbocycles. The van der Waals surface area contributed by atoms with Crippen LogP contribution >= 0.6 is 11.6 Å². The number of hydrogen-bond donors (Lipinski definition) is 1. The minimum atomic E-state index is -0.0481. The largest absolute Gasteiger partial charge is 0.365 e. The van der Waals surface area contributed by atoms with Gasteiger partial charge in [0.2, 0.25) is 0 Å². The van der Waals surface area contributed by atoms with Crippen molar-refractivity contribution in [2.24, 2.45) is 0 Å². The molecule has 0 bridgehead atoms. The van der Waals surface area contributed by atoms with E-state index >= 15 is 0 Å². The smallest absolute Gasteiger partial charge is 0.108 e. The van der Waals surface area contributed by atoms with Crippen LogP contribution in [0.4, 0.5) is 0 Å². The van der Waals surface area contributed by atoms with Gasteiger partial charge in [0.05, 0.1) is 6.10 Å². The van der Waals surface area contributed by atoms with Crippen LogP contribution in [0.5, 0.6) is 0 Å². The van der Waals surface area contributed by atoms with E-state index in [0.29, 0.717) is 6.10 Å². The molecule has 1 fully saturated rings. The van der Waals surface area contributed by atoms with Gasteiger partial charge in [-0.3, -0.25) is 0 Å². The molecule has 0 aromatic heterocycles. The average molecular weight is 302 g/mol. The Morgan fingerprint density at radius 3 is 2.38 bits per heavy atom. The number of piperidine rings is 1. The summed E-state index contributed by atoms with van der Waals surface area (Å²) < 4.78 is 6.42. The number of benzene rings is 2. The number of nitrogens with one attached hydrogen (secondary N) is 1. The third-order valence-electron chi connectivity index (χ3n) is 3.87. The van der Waals surface area contributed by atoms with Crippen LogP contribution in [0.15, 0.2) is 54.6 Å². The van der Waals surface area contributed by atoms with E-state index in [0.717, 1.165) is 36.5 Å². The second-order valence-corrected chi connectivity index (χ2v) is 5.87. The first kappa shape index (κ1) is 14.6. The Morgan fingerprint density at radius 2 is 1.67 bits per heavy atom. The molecule has 1 unspecified atom stereocenters. The van der Waals surface area contributed by atoms with E-state index in [-0.39, 0.29) is 6.10 Å². The van der Waals surface area contributed by atoms with Crippen molar-refractivity contribution in [1.29, 1.82) is 0 Å². The Labute approximate surface area is 131 Å². The van der Waals surface area contributed by atoms with Crippen LogP contribution in [-0.2, 0) is 4.74 Å². The summed E-state index contributed by atoms with van der Waals surface area (Å²) >= 11 is 6.15. The number of halogens is 1. The predicted octanol–water partition coefficient (Wildman–Crippen LogP) is 4.20. The minimum absolute atomic E-state index is 0.0481. The molecule has 0 amide bonds. The molecule has 2 aromatic carbocycles. The third kappa shape index (κ3) is 3.85. The lowest BCUT2D eigenvalue weighted by atomic mass is 10.0. The van der Waals surface area contributed by atoms with Gasteiger partial charge in [-0.05, 0) is 49.2 Å². The van der Waals surface area contributed by atoms with Gasteiger partial charge in [-0.15, -0.1) is 0 Å². The van der Waals surface area contributed by atoms with E-state index in [1.807, 2.05) is 24.3 Å². The lowest BCUT2D eigenvalue weighted by molar-refractivity contribution is -0.00805. The monoisotopic (exact) mass is 301 g/mol. The van der Waals surface area contributed by atoms with E-state index < -0.39 is 0 Å². The molecule has 2 nitrogen and oxygen atoms in total. The summed E-state index contributed by atoms with van der Waals surface area (Å²) in [7, 11) is 0. The van der Waals surface area contributed by atoms with Gasteiger partial charge in [0, 0.05) is 5.02 Å². The molecule has 0 radical (unpaired) electrons. The Hall–Kier alpha value is -1.35. The summed E-state index contributed by atoms with van der Waals surface area (Å²) in [5, 5.41) is 4.13. The van der Waals surface area contributed by atoms with Crippen molar-refractivity contribution < 1.29 is 4.74 Å². The molecule has 1 heterocycles. The molecule has 1 atom stereocenters. The van der Waals surface area contributed by atoms with Gasteiger partial charge < -0.3 is 10.1 Å². The van der Waals surface area contributed by atoms with Gasteiger partial charge in [-0.1, -0.05) is 54.1 Å². The van der Waals surface area contributed by atoms with Crippen LogP contribution in [-0.4, -0.2) is 19.2 Å². The molecule has 21 heavy (non-hydrogen) atoms. The first-order valence-electron chi connectivity index (χ1n) is 7.49. The first-order chi connectivity index (χ1) is 10.3. The molecule has 1 aliphatic rings. The van der Waals surface area contributed by atoms with E-state index in [4.69, 9.17) is 16.3 Å². The SMILES string of the molecule is Clc1cccc(C(OC2CCNCC2)c2ccccc2)c1. The fourth-order valence-corrected chi connectivity index (χ4v) is 2.97. The van der Waals surface area contributed by atoms with Crippen molar-refractivity contribution in [2.45, 2.75) is 25.0 Å². The zero-order valence-electron chi connectivity index (χ0n) is 12.0. The zero-order valence-corrected chi connectivity index (χ0v) is 12.7. The van der Waals surface area contributed by atoms with Crippen molar-refractivity contribution in [3.8, 4) is 0 Å². The van der Waals surface area contributed by atoms with E-state index in [1.165, 1.54) is 5.56 Å². The Balaban J connectivity index is 1.87. The maximum Gasteiger partial charge on any atom is 0.108 e. The molecule has 3 rings (SSSR count). The minimum Gasteiger partial charge on any atom is -0.365 e. The number of ether oxygens (including phenoxy) is 1. The average Bonchev–Trinajstić information content (AvgIpc) is 2.54. The van der Waals surface area contributed by atoms with Crippen LogP contribution in [0, 0.1) is 0 Å². The van der Waals surface area contributed by atoms with E-state index in [9.17, 15) is 0 Å². The standard InChI is InChI=1S/C18H20ClNO/c19-16-8-4-7-15(13-16)18(14-5-2-1-3-6-14)21-17-9-11-20-12-10-17/h1-8,13,17-18,20H,9-12H2. The van der Waals surface area contributed by atoms with E-state index in [2.05, 4.69) is 35.6 Å². The third-order valence-corrected chi connectivity index (χ3v) is 4.10. The van der Waals surface area contributed by atoms with Crippen molar-refractivity contribution in [3.63, 3.8) is 0 Å².